The van der Waals surface area contributed by atoms with Gasteiger partial charge in [0.25, 0.3) is 5.91 Å². The zero-order valence-corrected chi connectivity index (χ0v) is 17.3. The van der Waals surface area contributed by atoms with Gasteiger partial charge in [-0.1, -0.05) is 11.6 Å². The molecule has 7 heteroatoms. The van der Waals surface area contributed by atoms with Gasteiger partial charge >= 0.3 is 0 Å². The molecule has 4 rings (SSSR count). The molecule has 1 spiro atoms. The third-order valence-electron chi connectivity index (χ3n) is 5.82. The first-order chi connectivity index (χ1) is 14.3. The van der Waals surface area contributed by atoms with Crippen LogP contribution in [-0.4, -0.2) is 60.4 Å². The van der Waals surface area contributed by atoms with Crippen molar-refractivity contribution in [3.63, 3.8) is 0 Å². The molecule has 0 radical (unpaired) electrons. The molecule has 2 aromatic rings. The molecule has 0 unspecified atom stereocenters. The number of likely N-dealkylation sites (tertiary alicyclic amines) is 1. The van der Waals surface area contributed by atoms with Gasteiger partial charge in [0, 0.05) is 31.6 Å². The van der Waals surface area contributed by atoms with Crippen LogP contribution in [-0.2, 0) is 4.79 Å². The first-order valence-electron chi connectivity index (χ1n) is 10.2. The van der Waals surface area contributed by atoms with Gasteiger partial charge in [0.2, 0.25) is 5.91 Å². The number of hydrogen-bond acceptors (Lipinski definition) is 4. The molecule has 0 bridgehead atoms. The third-order valence-corrected chi connectivity index (χ3v) is 5.82. The van der Waals surface area contributed by atoms with E-state index in [-0.39, 0.29) is 24.2 Å². The van der Waals surface area contributed by atoms with Crippen molar-refractivity contribution in [1.29, 1.82) is 0 Å². The fourth-order valence-electron chi connectivity index (χ4n) is 4.08. The molecule has 0 aromatic heterocycles. The highest BCUT2D eigenvalue weighted by atomic mass is 19.1. The third kappa shape index (κ3) is 4.31. The number of anilines is 1. The summed E-state index contributed by atoms with van der Waals surface area (Å²) in [6.07, 6.45) is 1.56. The van der Waals surface area contributed by atoms with Gasteiger partial charge in [0.1, 0.15) is 23.7 Å². The van der Waals surface area contributed by atoms with Crippen LogP contribution < -0.4 is 10.1 Å². The van der Waals surface area contributed by atoms with Gasteiger partial charge in [-0.2, -0.15) is 0 Å². The van der Waals surface area contributed by atoms with Crippen molar-refractivity contribution in [2.45, 2.75) is 25.4 Å². The molecule has 1 N–H and O–H groups in total. The molecule has 2 heterocycles. The fraction of sp³-hybridized carbons (Fsp3) is 0.391. The molecular formula is C23H26FN3O3. The number of nitrogens with one attached hydrogen (secondary N) is 1. The van der Waals surface area contributed by atoms with Crippen molar-refractivity contribution in [3.05, 3.63) is 59.4 Å². The van der Waals surface area contributed by atoms with Gasteiger partial charge in [-0.05, 0) is 50.4 Å². The minimum atomic E-state index is -0.515. The highest BCUT2D eigenvalue weighted by molar-refractivity contribution is 6.01. The van der Waals surface area contributed by atoms with Crippen molar-refractivity contribution in [3.8, 4) is 5.75 Å². The Bertz CT molecular complexity index is 953. The van der Waals surface area contributed by atoms with Crippen molar-refractivity contribution in [2.75, 3.05) is 38.5 Å². The van der Waals surface area contributed by atoms with Crippen molar-refractivity contribution >= 4 is 17.5 Å². The van der Waals surface area contributed by atoms with E-state index in [1.165, 1.54) is 24.3 Å². The van der Waals surface area contributed by atoms with Crippen LogP contribution in [0.1, 0.15) is 28.8 Å². The summed E-state index contributed by atoms with van der Waals surface area (Å²) >= 11 is 0. The average molecular weight is 411 g/mol. The Morgan fingerprint density at radius 3 is 2.57 bits per heavy atom. The second-order valence-electron chi connectivity index (χ2n) is 8.30. The summed E-state index contributed by atoms with van der Waals surface area (Å²) in [5.74, 6) is -0.325. The molecule has 2 aliphatic heterocycles. The quantitative estimate of drug-likeness (QED) is 0.843. The molecule has 2 aromatic carbocycles. The lowest BCUT2D eigenvalue weighted by Crippen LogP contribution is -2.54. The fourth-order valence-corrected chi connectivity index (χ4v) is 4.08. The molecular weight excluding hydrogens is 385 g/mol. The Labute approximate surface area is 175 Å². The minimum absolute atomic E-state index is 0.0927. The number of carbonyl (C=O) groups excluding carboxylic acids is 2. The van der Waals surface area contributed by atoms with E-state index in [0.29, 0.717) is 23.5 Å². The highest BCUT2D eigenvalue weighted by Crippen LogP contribution is 2.35. The van der Waals surface area contributed by atoms with Crippen molar-refractivity contribution in [2.24, 2.45) is 0 Å². The predicted molar refractivity (Wildman–Crippen MR) is 112 cm³/mol. The summed E-state index contributed by atoms with van der Waals surface area (Å²) in [6.45, 7) is 3.92. The standard InChI is InChI=1S/C23H26FN3O3/c1-16-3-8-20-19(13-16)22(29)27(15-23(30-20)9-11-26(2)12-10-23)14-21(28)25-18-6-4-17(24)5-7-18/h3-8,13H,9-12,14-15H2,1-2H3,(H,25,28). The zero-order valence-electron chi connectivity index (χ0n) is 17.3. The molecule has 1 saturated heterocycles. The summed E-state index contributed by atoms with van der Waals surface area (Å²) in [4.78, 5) is 29.8. The first-order valence-corrected chi connectivity index (χ1v) is 10.2. The van der Waals surface area contributed by atoms with Crippen molar-refractivity contribution < 1.29 is 18.7 Å². The monoisotopic (exact) mass is 411 g/mol. The summed E-state index contributed by atoms with van der Waals surface area (Å²) in [5.41, 5.74) is 1.42. The van der Waals surface area contributed by atoms with Gasteiger partial charge in [-0.25, -0.2) is 4.39 Å². The normalized spacial score (nSPS) is 18.5. The molecule has 0 atom stereocenters. The first kappa shape index (κ1) is 20.3. The number of halogens is 1. The molecule has 158 valence electrons. The van der Waals surface area contributed by atoms with Gasteiger partial charge in [-0.15, -0.1) is 0 Å². The Morgan fingerprint density at radius 2 is 1.87 bits per heavy atom. The molecule has 2 aliphatic rings. The Balaban J connectivity index is 1.59. The Hall–Kier alpha value is -2.93. The second-order valence-corrected chi connectivity index (χ2v) is 8.30. The number of benzene rings is 2. The largest absolute Gasteiger partial charge is 0.484 e. The number of rotatable bonds is 3. The van der Waals surface area contributed by atoms with E-state index in [2.05, 4.69) is 17.3 Å². The molecule has 2 amide bonds. The number of ether oxygens (including phenoxy) is 1. The molecule has 0 saturated carbocycles. The number of carbonyl (C=O) groups is 2. The van der Waals surface area contributed by atoms with E-state index in [4.69, 9.17) is 4.74 Å². The van der Waals surface area contributed by atoms with E-state index < -0.39 is 5.60 Å². The molecule has 0 aliphatic carbocycles. The summed E-state index contributed by atoms with van der Waals surface area (Å²) in [6, 6.07) is 11.2. The second kappa shape index (κ2) is 8.07. The number of fused-ring (bicyclic) bond motifs is 1. The molecule has 1 fully saturated rings. The highest BCUT2D eigenvalue weighted by Gasteiger charge is 2.42. The van der Waals surface area contributed by atoms with E-state index in [0.717, 1.165) is 31.5 Å². The van der Waals surface area contributed by atoms with E-state index in [9.17, 15) is 14.0 Å². The van der Waals surface area contributed by atoms with Crippen LogP contribution >= 0.6 is 0 Å². The van der Waals surface area contributed by atoms with Gasteiger partial charge in [-0.3, -0.25) is 9.59 Å². The van der Waals surface area contributed by atoms with E-state index >= 15 is 0 Å². The topological polar surface area (TPSA) is 61.9 Å². The van der Waals surface area contributed by atoms with Gasteiger partial charge < -0.3 is 19.9 Å². The molecule has 30 heavy (non-hydrogen) atoms. The number of nitrogens with zero attached hydrogens (tertiary/aromatic N) is 2. The Kier molecular flexibility index (Phi) is 5.47. The van der Waals surface area contributed by atoms with Crippen LogP contribution in [0.3, 0.4) is 0 Å². The van der Waals surface area contributed by atoms with Crippen LogP contribution in [0, 0.1) is 12.7 Å². The minimum Gasteiger partial charge on any atom is -0.484 e. The smallest absolute Gasteiger partial charge is 0.258 e. The number of amides is 2. The number of hydrogen-bond donors (Lipinski definition) is 1. The SMILES string of the molecule is Cc1ccc2c(c1)C(=O)N(CC(=O)Nc1ccc(F)cc1)CC1(CCN(C)CC1)O2. The van der Waals surface area contributed by atoms with Crippen LogP contribution in [0.25, 0.3) is 0 Å². The predicted octanol–water partition coefficient (Wildman–Crippen LogP) is 3.07. The van der Waals surface area contributed by atoms with Crippen molar-refractivity contribution in [1.82, 2.24) is 9.80 Å². The lowest BCUT2D eigenvalue weighted by atomic mass is 9.90. The van der Waals surface area contributed by atoms with Crippen LogP contribution in [0.4, 0.5) is 10.1 Å². The van der Waals surface area contributed by atoms with E-state index in [1.807, 2.05) is 25.1 Å². The summed E-state index contributed by atoms with van der Waals surface area (Å²) in [7, 11) is 2.07. The van der Waals surface area contributed by atoms with E-state index in [1.54, 1.807) is 4.90 Å². The maximum absolute atomic E-state index is 13.3. The molecule has 6 nitrogen and oxygen atoms in total. The maximum atomic E-state index is 13.3. The van der Waals surface area contributed by atoms with Crippen LogP contribution in [0.2, 0.25) is 0 Å². The Morgan fingerprint density at radius 1 is 1.17 bits per heavy atom. The van der Waals surface area contributed by atoms with Crippen LogP contribution in [0.5, 0.6) is 5.75 Å². The number of piperidine rings is 1. The van der Waals surface area contributed by atoms with Crippen LogP contribution in [0.15, 0.2) is 42.5 Å². The lowest BCUT2D eigenvalue weighted by molar-refractivity contribution is -0.117. The van der Waals surface area contributed by atoms with Gasteiger partial charge in [0.15, 0.2) is 0 Å². The summed E-state index contributed by atoms with van der Waals surface area (Å²) < 4.78 is 19.6. The lowest BCUT2D eigenvalue weighted by Gasteiger charge is -2.41. The zero-order chi connectivity index (χ0) is 21.3. The average Bonchev–Trinajstić information content (AvgIpc) is 2.82. The summed E-state index contributed by atoms with van der Waals surface area (Å²) in [5, 5.41) is 2.74. The number of aryl methyl sites for hydroxylation is 1. The maximum Gasteiger partial charge on any atom is 0.258 e. The van der Waals surface area contributed by atoms with Gasteiger partial charge in [0.05, 0.1) is 12.1 Å².